The molecule has 154 valence electrons. The van der Waals surface area contributed by atoms with Crippen molar-refractivity contribution < 1.29 is 9.18 Å². The average Bonchev–Trinajstić information content (AvgIpc) is 3.17. The van der Waals surface area contributed by atoms with Gasteiger partial charge in [-0.25, -0.2) is 4.39 Å². The molecule has 2 atom stereocenters. The molecule has 4 rings (SSSR count). The molecule has 2 unspecified atom stereocenters. The molecule has 1 fully saturated rings. The van der Waals surface area contributed by atoms with E-state index in [2.05, 4.69) is 28.5 Å². The highest BCUT2D eigenvalue weighted by Crippen LogP contribution is 2.26. The zero-order valence-electron chi connectivity index (χ0n) is 17.1. The fraction of sp³-hybridized carbons (Fsp3) is 0.458. The molecule has 1 aromatic heterocycles. The normalized spacial score (nSPS) is 21.9. The summed E-state index contributed by atoms with van der Waals surface area (Å²) >= 11 is 0. The Morgan fingerprint density at radius 1 is 1.28 bits per heavy atom. The van der Waals surface area contributed by atoms with Gasteiger partial charge in [-0.05, 0) is 75.3 Å². The Balaban J connectivity index is 1.42. The monoisotopic (exact) mass is 395 g/mol. The molecule has 5 heteroatoms. The number of hydrogen-bond acceptors (Lipinski definition) is 2. The number of benzene rings is 1. The fourth-order valence-corrected chi connectivity index (χ4v) is 4.63. The van der Waals surface area contributed by atoms with Crippen LogP contribution in [0.25, 0.3) is 10.9 Å². The molecule has 0 radical (unpaired) electrons. The Morgan fingerprint density at radius 2 is 2.17 bits per heavy atom. The standard InChI is InChI=1S/C24H30FN3O/c1-2-28(24(29)23-14-18-13-19(25)11-12-22(18)27-23)21-10-6-9-20(15-21)26-16-17-7-4-3-5-8-17/h4,7-8,11-14,20-21,26-27H,2-3,5-6,9-10,15-16H2,1H3. The first kappa shape index (κ1) is 19.9. The van der Waals surface area contributed by atoms with Crippen molar-refractivity contribution in [1.82, 2.24) is 15.2 Å². The largest absolute Gasteiger partial charge is 0.351 e. The first-order valence-corrected chi connectivity index (χ1v) is 10.8. The summed E-state index contributed by atoms with van der Waals surface area (Å²) in [6.45, 7) is 3.62. The van der Waals surface area contributed by atoms with Crippen LogP contribution >= 0.6 is 0 Å². The number of H-pyrrole nitrogens is 1. The number of rotatable bonds is 6. The van der Waals surface area contributed by atoms with Gasteiger partial charge in [0, 0.05) is 36.1 Å². The lowest BCUT2D eigenvalue weighted by atomic mass is 9.89. The topological polar surface area (TPSA) is 48.1 Å². The minimum atomic E-state index is -0.285. The van der Waals surface area contributed by atoms with Crippen LogP contribution in [0.5, 0.6) is 0 Å². The lowest BCUT2D eigenvalue weighted by Crippen LogP contribution is -2.47. The number of carbonyl (C=O) groups excluding carboxylic acids is 1. The van der Waals surface area contributed by atoms with E-state index >= 15 is 0 Å². The maximum atomic E-state index is 13.5. The lowest BCUT2D eigenvalue weighted by molar-refractivity contribution is 0.0624. The highest BCUT2D eigenvalue weighted by atomic mass is 19.1. The molecule has 2 aromatic rings. The fourth-order valence-electron chi connectivity index (χ4n) is 4.63. The summed E-state index contributed by atoms with van der Waals surface area (Å²) in [5.74, 6) is -0.278. The zero-order valence-corrected chi connectivity index (χ0v) is 17.1. The van der Waals surface area contributed by atoms with Gasteiger partial charge in [0.2, 0.25) is 0 Å². The van der Waals surface area contributed by atoms with E-state index in [0.717, 1.165) is 56.0 Å². The Hall–Kier alpha value is -2.40. The van der Waals surface area contributed by atoms with Crippen molar-refractivity contribution in [1.29, 1.82) is 0 Å². The van der Waals surface area contributed by atoms with Crippen LogP contribution in [0.2, 0.25) is 0 Å². The predicted octanol–water partition coefficient (Wildman–Crippen LogP) is 4.95. The summed E-state index contributed by atoms with van der Waals surface area (Å²) in [7, 11) is 0. The number of aromatic nitrogens is 1. The molecule has 29 heavy (non-hydrogen) atoms. The Labute approximate surface area is 171 Å². The molecular formula is C24H30FN3O. The Bertz CT molecular complexity index is 929. The van der Waals surface area contributed by atoms with Gasteiger partial charge in [-0.1, -0.05) is 18.2 Å². The molecule has 1 amide bonds. The van der Waals surface area contributed by atoms with Crippen molar-refractivity contribution >= 4 is 16.8 Å². The van der Waals surface area contributed by atoms with Crippen LogP contribution in [0.4, 0.5) is 4.39 Å². The SMILES string of the molecule is CCN(C(=O)c1cc2cc(F)ccc2[nH]1)C1CCCC(NCC2=CCCC=C2)C1. The number of nitrogens with one attached hydrogen (secondary N) is 2. The third-order valence-corrected chi connectivity index (χ3v) is 6.17. The van der Waals surface area contributed by atoms with E-state index in [-0.39, 0.29) is 17.8 Å². The number of amides is 1. The van der Waals surface area contributed by atoms with Crippen LogP contribution in [0.3, 0.4) is 0 Å². The maximum Gasteiger partial charge on any atom is 0.270 e. The number of hydrogen-bond donors (Lipinski definition) is 2. The second-order valence-electron chi connectivity index (χ2n) is 8.16. The lowest BCUT2D eigenvalue weighted by Gasteiger charge is -2.37. The molecule has 0 spiro atoms. The van der Waals surface area contributed by atoms with Crippen molar-refractivity contribution in [2.75, 3.05) is 13.1 Å². The van der Waals surface area contributed by atoms with Gasteiger partial charge < -0.3 is 15.2 Å². The minimum absolute atomic E-state index is 0.00711. The first-order valence-electron chi connectivity index (χ1n) is 10.8. The molecule has 4 nitrogen and oxygen atoms in total. The second kappa shape index (κ2) is 8.95. The van der Waals surface area contributed by atoms with Gasteiger partial charge in [0.15, 0.2) is 0 Å². The van der Waals surface area contributed by atoms with Crippen LogP contribution in [-0.2, 0) is 0 Å². The van der Waals surface area contributed by atoms with E-state index in [0.29, 0.717) is 18.3 Å². The van der Waals surface area contributed by atoms with E-state index in [1.807, 2.05) is 11.8 Å². The summed E-state index contributed by atoms with van der Waals surface area (Å²) in [5.41, 5.74) is 2.70. The Morgan fingerprint density at radius 3 is 2.97 bits per heavy atom. The smallest absolute Gasteiger partial charge is 0.270 e. The van der Waals surface area contributed by atoms with Gasteiger partial charge in [0.25, 0.3) is 5.91 Å². The van der Waals surface area contributed by atoms with Crippen LogP contribution in [0, 0.1) is 5.82 Å². The zero-order chi connectivity index (χ0) is 20.2. The number of fused-ring (bicyclic) bond motifs is 1. The van der Waals surface area contributed by atoms with Crippen molar-refractivity contribution in [3.8, 4) is 0 Å². The number of allylic oxidation sites excluding steroid dienone is 2. The molecule has 0 saturated heterocycles. The van der Waals surface area contributed by atoms with Gasteiger partial charge in [0.1, 0.15) is 11.5 Å². The highest BCUT2D eigenvalue weighted by molar-refractivity contribution is 5.98. The van der Waals surface area contributed by atoms with E-state index in [1.165, 1.54) is 17.7 Å². The number of aromatic amines is 1. The van der Waals surface area contributed by atoms with Crippen LogP contribution in [-0.4, -0.2) is 41.0 Å². The quantitative estimate of drug-likeness (QED) is 0.727. The van der Waals surface area contributed by atoms with Gasteiger partial charge in [-0.15, -0.1) is 0 Å². The molecule has 1 heterocycles. The van der Waals surface area contributed by atoms with E-state index in [1.54, 1.807) is 12.1 Å². The predicted molar refractivity (Wildman–Crippen MR) is 115 cm³/mol. The molecule has 2 aliphatic rings. The van der Waals surface area contributed by atoms with Gasteiger partial charge in [0.05, 0.1) is 0 Å². The Kier molecular flexibility index (Phi) is 6.14. The summed E-state index contributed by atoms with van der Waals surface area (Å²) in [5, 5.41) is 4.44. The van der Waals surface area contributed by atoms with Crippen molar-refractivity contribution in [2.45, 2.75) is 57.5 Å². The van der Waals surface area contributed by atoms with Gasteiger partial charge in [-0.3, -0.25) is 4.79 Å². The summed E-state index contributed by atoms with van der Waals surface area (Å²) in [6.07, 6.45) is 13.3. The van der Waals surface area contributed by atoms with E-state index in [9.17, 15) is 9.18 Å². The maximum absolute atomic E-state index is 13.5. The third-order valence-electron chi connectivity index (χ3n) is 6.17. The molecular weight excluding hydrogens is 365 g/mol. The second-order valence-corrected chi connectivity index (χ2v) is 8.16. The molecule has 2 N–H and O–H groups in total. The highest BCUT2D eigenvalue weighted by Gasteiger charge is 2.30. The number of nitrogens with zero attached hydrogens (tertiary/aromatic N) is 1. The molecule has 2 aliphatic carbocycles. The van der Waals surface area contributed by atoms with E-state index in [4.69, 9.17) is 0 Å². The third kappa shape index (κ3) is 4.61. The molecule has 1 aromatic carbocycles. The van der Waals surface area contributed by atoms with Crippen LogP contribution in [0.1, 0.15) is 55.9 Å². The van der Waals surface area contributed by atoms with Crippen molar-refractivity contribution in [3.05, 3.63) is 59.6 Å². The van der Waals surface area contributed by atoms with Crippen LogP contribution < -0.4 is 5.32 Å². The summed E-state index contributed by atoms with van der Waals surface area (Å²) < 4.78 is 13.5. The number of carbonyl (C=O) groups is 1. The summed E-state index contributed by atoms with van der Waals surface area (Å²) in [4.78, 5) is 18.4. The van der Waals surface area contributed by atoms with Crippen molar-refractivity contribution in [3.63, 3.8) is 0 Å². The summed E-state index contributed by atoms with van der Waals surface area (Å²) in [6, 6.07) is 7.00. The first-order chi connectivity index (χ1) is 14.1. The van der Waals surface area contributed by atoms with E-state index < -0.39 is 0 Å². The molecule has 0 aliphatic heterocycles. The molecule has 0 bridgehead atoms. The van der Waals surface area contributed by atoms with Crippen molar-refractivity contribution in [2.24, 2.45) is 0 Å². The van der Waals surface area contributed by atoms with Gasteiger partial charge in [-0.2, -0.15) is 0 Å². The molecule has 1 saturated carbocycles. The number of halogens is 1. The van der Waals surface area contributed by atoms with Crippen LogP contribution in [0.15, 0.2) is 48.1 Å². The average molecular weight is 396 g/mol. The van der Waals surface area contributed by atoms with Gasteiger partial charge >= 0.3 is 0 Å². The minimum Gasteiger partial charge on any atom is -0.351 e.